The highest BCUT2D eigenvalue weighted by Gasteiger charge is 2.35. The monoisotopic (exact) mass is 647 g/mol. The van der Waals surface area contributed by atoms with Crippen LogP contribution in [0, 0.1) is 0 Å². The van der Waals surface area contributed by atoms with E-state index in [1.54, 1.807) is 0 Å². The molecule has 0 aliphatic carbocycles. The van der Waals surface area contributed by atoms with Crippen molar-refractivity contribution in [3.63, 3.8) is 0 Å². The van der Waals surface area contributed by atoms with E-state index in [0.29, 0.717) is 31.5 Å². The SMILES string of the molecule is CCCCC/C=C\C/C=C\CC1OC1C/C=C\CCCC(=O)OC[C@H](O)COC(=O)CCCCCCCCCCCCCCCC. The highest BCUT2D eigenvalue weighted by atomic mass is 16.6. The molecule has 6 nitrogen and oxygen atoms in total. The van der Waals surface area contributed by atoms with Crippen LogP contribution in [0.4, 0.5) is 0 Å². The molecule has 2 unspecified atom stereocenters. The van der Waals surface area contributed by atoms with Gasteiger partial charge in [0.1, 0.15) is 19.3 Å². The quantitative estimate of drug-likeness (QED) is 0.0330. The Morgan fingerprint density at radius 2 is 0.978 bits per heavy atom. The van der Waals surface area contributed by atoms with Crippen molar-refractivity contribution in [2.45, 2.75) is 193 Å². The Hall–Kier alpha value is -1.92. The van der Waals surface area contributed by atoms with Crippen molar-refractivity contribution < 1.29 is 28.9 Å². The number of allylic oxidation sites excluding steroid dienone is 4. The Kier molecular flexibility index (Phi) is 29.0. The third-order valence-electron chi connectivity index (χ3n) is 8.53. The molecule has 1 aliphatic heterocycles. The van der Waals surface area contributed by atoms with E-state index in [2.05, 4.69) is 50.3 Å². The first-order chi connectivity index (χ1) is 22.6. The second kappa shape index (κ2) is 31.7. The average Bonchev–Trinajstić information content (AvgIpc) is 3.81. The second-order valence-electron chi connectivity index (χ2n) is 13.1. The Morgan fingerprint density at radius 1 is 0.565 bits per heavy atom. The number of aliphatic hydroxyl groups excluding tert-OH is 1. The van der Waals surface area contributed by atoms with E-state index in [-0.39, 0.29) is 25.2 Å². The number of aliphatic hydroxyl groups is 1. The zero-order valence-electron chi connectivity index (χ0n) is 29.8. The Balaban J connectivity index is 1.87. The molecule has 6 heteroatoms. The minimum atomic E-state index is -0.988. The minimum absolute atomic E-state index is 0.135. The summed E-state index contributed by atoms with van der Waals surface area (Å²) in [6.45, 7) is 4.21. The van der Waals surface area contributed by atoms with Crippen molar-refractivity contribution in [3.8, 4) is 0 Å². The molecule has 1 rings (SSSR count). The summed E-state index contributed by atoms with van der Waals surface area (Å²) in [6, 6.07) is 0. The topological polar surface area (TPSA) is 85.4 Å². The predicted molar refractivity (Wildman–Crippen MR) is 191 cm³/mol. The van der Waals surface area contributed by atoms with E-state index >= 15 is 0 Å². The lowest BCUT2D eigenvalue weighted by atomic mass is 10.0. The molecule has 1 fully saturated rings. The zero-order valence-corrected chi connectivity index (χ0v) is 29.8. The summed E-state index contributed by atoms with van der Waals surface area (Å²) >= 11 is 0. The van der Waals surface area contributed by atoms with Gasteiger partial charge in [0.25, 0.3) is 0 Å². The maximum Gasteiger partial charge on any atom is 0.305 e. The van der Waals surface area contributed by atoms with E-state index in [1.807, 2.05) is 0 Å². The summed E-state index contributed by atoms with van der Waals surface area (Å²) < 4.78 is 16.0. The van der Waals surface area contributed by atoms with Gasteiger partial charge < -0.3 is 19.3 Å². The first kappa shape index (κ1) is 42.1. The van der Waals surface area contributed by atoms with E-state index < -0.39 is 6.10 Å². The Labute approximate surface area is 282 Å². The van der Waals surface area contributed by atoms with Crippen molar-refractivity contribution in [3.05, 3.63) is 36.5 Å². The number of esters is 2. The highest BCUT2D eigenvalue weighted by Crippen LogP contribution is 2.29. The number of ether oxygens (including phenoxy) is 3. The van der Waals surface area contributed by atoms with Crippen LogP contribution in [0.5, 0.6) is 0 Å². The maximum atomic E-state index is 12.0. The van der Waals surface area contributed by atoms with E-state index in [1.165, 1.54) is 96.3 Å². The molecule has 3 atom stereocenters. The number of epoxide rings is 1. The van der Waals surface area contributed by atoms with Gasteiger partial charge in [0.2, 0.25) is 0 Å². The molecular weight excluding hydrogens is 576 g/mol. The van der Waals surface area contributed by atoms with Crippen LogP contribution in [0.1, 0.15) is 174 Å². The van der Waals surface area contributed by atoms with E-state index in [4.69, 9.17) is 14.2 Å². The van der Waals surface area contributed by atoms with Gasteiger partial charge >= 0.3 is 11.9 Å². The van der Waals surface area contributed by atoms with Crippen LogP contribution in [-0.2, 0) is 23.8 Å². The lowest BCUT2D eigenvalue weighted by molar-refractivity contribution is -0.152. The molecule has 0 amide bonds. The summed E-state index contributed by atoms with van der Waals surface area (Å²) in [6.07, 6.45) is 40.8. The van der Waals surface area contributed by atoms with Crippen LogP contribution in [0.15, 0.2) is 36.5 Å². The zero-order chi connectivity index (χ0) is 33.3. The summed E-state index contributed by atoms with van der Waals surface area (Å²) in [5.41, 5.74) is 0. The van der Waals surface area contributed by atoms with Crippen LogP contribution in [0.2, 0.25) is 0 Å². The normalized spacial score (nSPS) is 16.9. The number of carbonyl (C=O) groups excluding carboxylic acids is 2. The molecular formula is C40H70O6. The van der Waals surface area contributed by atoms with Crippen molar-refractivity contribution >= 4 is 11.9 Å². The average molecular weight is 647 g/mol. The molecule has 1 N–H and O–H groups in total. The fraction of sp³-hybridized carbons (Fsp3) is 0.800. The fourth-order valence-corrected chi connectivity index (χ4v) is 5.47. The van der Waals surface area contributed by atoms with Crippen molar-refractivity contribution in [2.75, 3.05) is 13.2 Å². The molecule has 1 heterocycles. The van der Waals surface area contributed by atoms with Crippen molar-refractivity contribution in [1.82, 2.24) is 0 Å². The van der Waals surface area contributed by atoms with Gasteiger partial charge in [-0.3, -0.25) is 9.59 Å². The van der Waals surface area contributed by atoms with Crippen LogP contribution >= 0.6 is 0 Å². The van der Waals surface area contributed by atoms with E-state index in [0.717, 1.165) is 44.9 Å². The smallest absolute Gasteiger partial charge is 0.305 e. The number of unbranched alkanes of at least 4 members (excludes halogenated alkanes) is 17. The van der Waals surface area contributed by atoms with Gasteiger partial charge in [0.15, 0.2) is 0 Å². The largest absolute Gasteiger partial charge is 0.463 e. The number of hydrogen-bond donors (Lipinski definition) is 1. The second-order valence-corrected chi connectivity index (χ2v) is 13.1. The van der Waals surface area contributed by atoms with E-state index in [9.17, 15) is 14.7 Å². The number of hydrogen-bond acceptors (Lipinski definition) is 6. The van der Waals surface area contributed by atoms with Crippen LogP contribution < -0.4 is 0 Å². The summed E-state index contributed by atoms with van der Waals surface area (Å²) in [5.74, 6) is -0.634. The molecule has 0 saturated carbocycles. The molecule has 46 heavy (non-hydrogen) atoms. The molecule has 0 aromatic carbocycles. The third-order valence-corrected chi connectivity index (χ3v) is 8.53. The standard InChI is InChI=1S/C40H70O6/c1-3-5-7-9-11-13-14-15-16-17-19-21-23-28-32-39(42)44-34-36(41)35-45-40(43)33-29-25-24-27-31-38-37(46-38)30-26-22-20-18-12-10-8-6-4-2/h12,18,22,24,26-27,36-38,41H,3-11,13-17,19-21,23,25,28-35H2,1-2H3/b18-12-,26-22-,27-24-/t36-,37?,38?/m1/s1. The first-order valence-electron chi connectivity index (χ1n) is 19.2. The molecule has 0 radical (unpaired) electrons. The summed E-state index contributed by atoms with van der Waals surface area (Å²) in [5, 5.41) is 10.0. The van der Waals surface area contributed by atoms with Gasteiger partial charge in [0, 0.05) is 12.8 Å². The lowest BCUT2D eigenvalue weighted by Crippen LogP contribution is -2.25. The van der Waals surface area contributed by atoms with Crippen LogP contribution in [0.3, 0.4) is 0 Å². The molecule has 1 saturated heterocycles. The van der Waals surface area contributed by atoms with Crippen LogP contribution in [0.25, 0.3) is 0 Å². The van der Waals surface area contributed by atoms with Crippen molar-refractivity contribution in [1.29, 1.82) is 0 Å². The van der Waals surface area contributed by atoms with Gasteiger partial charge in [-0.2, -0.15) is 0 Å². The molecule has 0 bridgehead atoms. The summed E-state index contributed by atoms with van der Waals surface area (Å²) in [7, 11) is 0. The summed E-state index contributed by atoms with van der Waals surface area (Å²) in [4.78, 5) is 23.9. The van der Waals surface area contributed by atoms with Crippen molar-refractivity contribution in [2.24, 2.45) is 0 Å². The minimum Gasteiger partial charge on any atom is -0.463 e. The third kappa shape index (κ3) is 28.3. The van der Waals surface area contributed by atoms with Crippen LogP contribution in [-0.4, -0.2) is 48.6 Å². The van der Waals surface area contributed by atoms with Gasteiger partial charge in [-0.25, -0.2) is 0 Å². The number of carbonyl (C=O) groups is 2. The Bertz CT molecular complexity index is 804. The van der Waals surface area contributed by atoms with Gasteiger partial charge in [-0.1, -0.05) is 147 Å². The molecule has 0 spiro atoms. The Morgan fingerprint density at radius 3 is 1.54 bits per heavy atom. The molecule has 1 aliphatic rings. The highest BCUT2D eigenvalue weighted by molar-refractivity contribution is 5.69. The fourth-order valence-electron chi connectivity index (χ4n) is 5.47. The lowest BCUT2D eigenvalue weighted by Gasteiger charge is -2.12. The number of rotatable bonds is 33. The van der Waals surface area contributed by atoms with Gasteiger partial charge in [-0.15, -0.1) is 0 Å². The maximum absolute atomic E-state index is 12.0. The molecule has 0 aromatic heterocycles. The predicted octanol–water partition coefficient (Wildman–Crippen LogP) is 10.7. The van der Waals surface area contributed by atoms with Gasteiger partial charge in [-0.05, 0) is 51.4 Å². The first-order valence-corrected chi connectivity index (χ1v) is 19.2. The molecule has 266 valence electrons. The molecule has 0 aromatic rings. The van der Waals surface area contributed by atoms with Gasteiger partial charge in [0.05, 0.1) is 12.2 Å².